The van der Waals surface area contributed by atoms with E-state index in [1.54, 1.807) is 18.2 Å². The number of rotatable bonds is 5. The molecule has 1 heterocycles. The van der Waals surface area contributed by atoms with Gasteiger partial charge in [-0.2, -0.15) is 0 Å². The second-order valence-electron chi connectivity index (χ2n) is 4.21. The predicted octanol–water partition coefficient (Wildman–Crippen LogP) is 3.50. The van der Waals surface area contributed by atoms with Gasteiger partial charge in [0.2, 0.25) is 0 Å². The van der Waals surface area contributed by atoms with Crippen LogP contribution in [0.1, 0.15) is 6.92 Å². The number of hydrogen-bond donors (Lipinski definition) is 0. The molecule has 0 bridgehead atoms. The van der Waals surface area contributed by atoms with Gasteiger partial charge >= 0.3 is 0 Å². The minimum Gasteiger partial charge on any atom is -0.380 e. The van der Waals surface area contributed by atoms with Gasteiger partial charge in [0, 0.05) is 31.8 Å². The number of nitrogens with zero attached hydrogens (tertiary/aromatic N) is 2. The fourth-order valence-corrected chi connectivity index (χ4v) is 2.11. The highest BCUT2D eigenvalue weighted by Crippen LogP contribution is 2.29. The lowest BCUT2D eigenvalue weighted by Gasteiger charge is -2.20. The zero-order valence-corrected chi connectivity index (χ0v) is 11.7. The first-order valence-corrected chi connectivity index (χ1v) is 6.54. The van der Waals surface area contributed by atoms with E-state index in [0.717, 1.165) is 0 Å². The molecule has 0 unspecified atom stereocenters. The van der Waals surface area contributed by atoms with Gasteiger partial charge in [0.15, 0.2) is 5.82 Å². The summed E-state index contributed by atoms with van der Waals surface area (Å²) in [4.78, 5) is 5.88. The van der Waals surface area contributed by atoms with Gasteiger partial charge in [0.05, 0.1) is 17.3 Å². The second kappa shape index (κ2) is 6.17. The first-order chi connectivity index (χ1) is 9.15. The molecule has 0 radical (unpaired) electrons. The predicted molar refractivity (Wildman–Crippen MR) is 76.5 cm³/mol. The first-order valence-electron chi connectivity index (χ1n) is 6.16. The highest BCUT2D eigenvalue weighted by atomic mass is 35.5. The van der Waals surface area contributed by atoms with E-state index < -0.39 is 0 Å². The molecule has 2 aromatic rings. The van der Waals surface area contributed by atoms with E-state index in [4.69, 9.17) is 16.3 Å². The van der Waals surface area contributed by atoms with Crippen molar-refractivity contribution in [3.05, 3.63) is 35.2 Å². The number of ether oxygens (including phenoxy) is 1. The number of hydrogen-bond acceptors (Lipinski definition) is 3. The second-order valence-corrected chi connectivity index (χ2v) is 4.61. The van der Waals surface area contributed by atoms with Crippen LogP contribution in [0.2, 0.25) is 5.02 Å². The van der Waals surface area contributed by atoms with Crippen molar-refractivity contribution in [2.75, 3.05) is 31.7 Å². The largest absolute Gasteiger partial charge is 0.380 e. The van der Waals surface area contributed by atoms with Crippen molar-refractivity contribution >= 4 is 28.2 Å². The molecule has 0 aliphatic carbocycles. The van der Waals surface area contributed by atoms with E-state index >= 15 is 0 Å². The molecule has 2 rings (SSSR count). The third kappa shape index (κ3) is 2.96. The Kier molecular flexibility index (Phi) is 4.56. The highest BCUT2D eigenvalue weighted by Gasteiger charge is 2.13. The van der Waals surface area contributed by atoms with Crippen molar-refractivity contribution in [2.24, 2.45) is 0 Å². The summed E-state index contributed by atoms with van der Waals surface area (Å²) in [6.07, 6.45) is 1.51. The van der Waals surface area contributed by atoms with E-state index in [-0.39, 0.29) is 5.82 Å². The van der Waals surface area contributed by atoms with Gasteiger partial charge in [0.25, 0.3) is 0 Å². The van der Waals surface area contributed by atoms with E-state index in [2.05, 4.69) is 4.98 Å². The van der Waals surface area contributed by atoms with Crippen molar-refractivity contribution < 1.29 is 9.13 Å². The van der Waals surface area contributed by atoms with Gasteiger partial charge < -0.3 is 9.64 Å². The Morgan fingerprint density at radius 3 is 2.89 bits per heavy atom. The van der Waals surface area contributed by atoms with Crippen LogP contribution in [0.5, 0.6) is 0 Å². The third-order valence-corrected chi connectivity index (χ3v) is 3.29. The number of halogens is 2. The van der Waals surface area contributed by atoms with E-state index in [1.807, 2.05) is 18.9 Å². The first kappa shape index (κ1) is 14.0. The van der Waals surface area contributed by atoms with E-state index in [0.29, 0.717) is 41.4 Å². The fraction of sp³-hybridized carbons (Fsp3) is 0.357. The summed E-state index contributed by atoms with van der Waals surface area (Å²) in [5.74, 6) is -0.348. The molecule has 5 heteroatoms. The van der Waals surface area contributed by atoms with Crippen LogP contribution in [-0.4, -0.2) is 31.8 Å². The van der Waals surface area contributed by atoms with Gasteiger partial charge in [-0.3, -0.25) is 4.98 Å². The molecule has 0 atom stereocenters. The minimum absolute atomic E-state index is 0.299. The lowest BCUT2D eigenvalue weighted by molar-refractivity contribution is 0.154. The van der Waals surface area contributed by atoms with Crippen molar-refractivity contribution in [1.82, 2.24) is 4.98 Å². The average molecular weight is 283 g/mol. The Morgan fingerprint density at radius 1 is 1.37 bits per heavy atom. The number of fused-ring (bicyclic) bond motifs is 1. The molecule has 0 spiro atoms. The van der Waals surface area contributed by atoms with Crippen molar-refractivity contribution in [3.63, 3.8) is 0 Å². The lowest BCUT2D eigenvalue weighted by Crippen LogP contribution is -2.23. The van der Waals surface area contributed by atoms with Gasteiger partial charge in [0.1, 0.15) is 5.52 Å². The molecule has 0 saturated heterocycles. The van der Waals surface area contributed by atoms with Crippen LogP contribution >= 0.6 is 11.6 Å². The van der Waals surface area contributed by atoms with Crippen LogP contribution in [0.3, 0.4) is 0 Å². The van der Waals surface area contributed by atoms with Gasteiger partial charge in [-0.15, -0.1) is 0 Å². The molecule has 0 N–H and O–H groups in total. The summed E-state index contributed by atoms with van der Waals surface area (Å²) in [6.45, 7) is 3.78. The maximum atomic E-state index is 14.4. The molecule has 1 aromatic heterocycles. The maximum absolute atomic E-state index is 14.4. The van der Waals surface area contributed by atoms with Gasteiger partial charge in [-0.25, -0.2) is 4.39 Å². The molecule has 0 amide bonds. The Labute approximate surface area is 116 Å². The van der Waals surface area contributed by atoms with Crippen LogP contribution in [-0.2, 0) is 4.74 Å². The van der Waals surface area contributed by atoms with Crippen molar-refractivity contribution in [1.29, 1.82) is 0 Å². The molecular formula is C14H16ClFN2O. The van der Waals surface area contributed by atoms with Gasteiger partial charge in [-0.05, 0) is 25.1 Å². The van der Waals surface area contributed by atoms with Crippen molar-refractivity contribution in [3.8, 4) is 0 Å². The summed E-state index contributed by atoms with van der Waals surface area (Å²) < 4.78 is 19.7. The molecule has 102 valence electrons. The SMILES string of the molecule is CCOCCN(C)c1ccc2c(Cl)ccnc2c1F. The van der Waals surface area contributed by atoms with Crippen LogP contribution < -0.4 is 4.90 Å². The summed E-state index contributed by atoms with van der Waals surface area (Å²) in [5, 5.41) is 1.14. The number of pyridine rings is 1. The summed E-state index contributed by atoms with van der Waals surface area (Å²) >= 11 is 6.02. The fourth-order valence-electron chi connectivity index (χ4n) is 1.90. The lowest BCUT2D eigenvalue weighted by atomic mass is 10.2. The van der Waals surface area contributed by atoms with E-state index in [1.165, 1.54) is 6.20 Å². The summed E-state index contributed by atoms with van der Waals surface area (Å²) in [5.41, 5.74) is 0.801. The molecule has 19 heavy (non-hydrogen) atoms. The Balaban J connectivity index is 2.32. The smallest absolute Gasteiger partial charge is 0.172 e. The normalized spacial score (nSPS) is 10.9. The van der Waals surface area contributed by atoms with E-state index in [9.17, 15) is 4.39 Å². The molecule has 0 aliphatic rings. The zero-order chi connectivity index (χ0) is 13.8. The Bertz CT molecular complexity index is 577. The number of benzene rings is 1. The van der Waals surface area contributed by atoms with Crippen LogP contribution in [0, 0.1) is 5.82 Å². The maximum Gasteiger partial charge on any atom is 0.172 e. The summed E-state index contributed by atoms with van der Waals surface area (Å²) in [7, 11) is 1.83. The number of aromatic nitrogens is 1. The number of likely N-dealkylation sites (N-methyl/N-ethyl adjacent to an activating group) is 1. The molecule has 3 nitrogen and oxygen atoms in total. The molecule has 0 fully saturated rings. The standard InChI is InChI=1S/C14H16ClFN2O/c1-3-19-9-8-18(2)12-5-4-10-11(15)6-7-17-14(10)13(12)16/h4-7H,3,8-9H2,1-2H3. The Morgan fingerprint density at radius 2 is 2.16 bits per heavy atom. The number of anilines is 1. The van der Waals surface area contributed by atoms with Crippen LogP contribution in [0.25, 0.3) is 10.9 Å². The quantitative estimate of drug-likeness (QED) is 0.785. The van der Waals surface area contributed by atoms with Crippen LogP contribution in [0.4, 0.5) is 10.1 Å². The average Bonchev–Trinajstić information content (AvgIpc) is 2.40. The third-order valence-electron chi connectivity index (χ3n) is 2.96. The molecule has 1 aromatic carbocycles. The van der Waals surface area contributed by atoms with Crippen molar-refractivity contribution in [2.45, 2.75) is 6.92 Å². The monoisotopic (exact) mass is 282 g/mol. The van der Waals surface area contributed by atoms with Crippen LogP contribution in [0.15, 0.2) is 24.4 Å². The molecule has 0 saturated carbocycles. The molecular weight excluding hydrogens is 267 g/mol. The van der Waals surface area contributed by atoms with Gasteiger partial charge in [-0.1, -0.05) is 11.6 Å². The molecule has 0 aliphatic heterocycles. The minimum atomic E-state index is -0.348. The summed E-state index contributed by atoms with van der Waals surface area (Å²) in [6, 6.07) is 5.17. The zero-order valence-electron chi connectivity index (χ0n) is 11.0. The Hall–Kier alpha value is -1.39. The highest BCUT2D eigenvalue weighted by molar-refractivity contribution is 6.35. The topological polar surface area (TPSA) is 25.4 Å².